The Labute approximate surface area is 134 Å². The zero-order chi connectivity index (χ0) is 17.4. The van der Waals surface area contributed by atoms with Crippen LogP contribution in [0.15, 0.2) is 24.3 Å². The second-order valence-electron chi connectivity index (χ2n) is 5.28. The maximum atomic E-state index is 12.4. The number of unbranched alkanes of at least 4 members (excludes halogenated alkanes) is 1. The third-order valence-corrected chi connectivity index (χ3v) is 3.51. The Morgan fingerprint density at radius 3 is 2.26 bits per heavy atom. The number of ketones is 1. The van der Waals surface area contributed by atoms with Crippen LogP contribution in [0.1, 0.15) is 46.9 Å². The number of Topliss-reactive ketones (excluding diaryl/α,β-unsaturated/α-hetero) is 1. The summed E-state index contributed by atoms with van der Waals surface area (Å²) < 4.78 is 0. The molecule has 0 aliphatic carbocycles. The van der Waals surface area contributed by atoms with Gasteiger partial charge in [-0.2, -0.15) is 0 Å². The molecule has 2 unspecified atom stereocenters. The third-order valence-electron chi connectivity index (χ3n) is 3.51. The van der Waals surface area contributed by atoms with E-state index in [0.717, 1.165) is 0 Å². The van der Waals surface area contributed by atoms with Crippen LogP contribution in [0.25, 0.3) is 0 Å². The number of carbonyl (C=O) groups excluding carboxylic acids is 1. The maximum Gasteiger partial charge on any atom is 0.336 e. The van der Waals surface area contributed by atoms with Crippen molar-refractivity contribution in [3.8, 4) is 0 Å². The van der Waals surface area contributed by atoms with E-state index in [1.807, 2.05) is 0 Å². The lowest BCUT2D eigenvalue weighted by atomic mass is 9.98. The number of aliphatic carboxylic acids is 1. The Kier molecular flexibility index (Phi) is 7.37. The third kappa shape index (κ3) is 5.46. The van der Waals surface area contributed by atoms with E-state index in [2.05, 4.69) is 5.32 Å². The van der Waals surface area contributed by atoms with E-state index < -0.39 is 29.8 Å². The van der Waals surface area contributed by atoms with Gasteiger partial charge in [-0.3, -0.25) is 14.9 Å². The molecule has 0 heterocycles. The fourth-order valence-corrected chi connectivity index (χ4v) is 2.27. The summed E-state index contributed by atoms with van der Waals surface area (Å²) in [5, 5.41) is 21.1. The summed E-state index contributed by atoms with van der Waals surface area (Å²) in [5.41, 5.74) is 5.35. The van der Waals surface area contributed by atoms with Crippen molar-refractivity contribution in [1.82, 2.24) is 5.32 Å². The highest BCUT2D eigenvalue weighted by Gasteiger charge is 2.25. The summed E-state index contributed by atoms with van der Waals surface area (Å²) in [4.78, 5) is 34.9. The highest BCUT2D eigenvalue weighted by atomic mass is 16.4. The molecule has 0 spiro atoms. The molecule has 5 N–H and O–H groups in total. The van der Waals surface area contributed by atoms with Gasteiger partial charge in [-0.1, -0.05) is 24.6 Å². The van der Waals surface area contributed by atoms with E-state index in [0.29, 0.717) is 25.8 Å². The fraction of sp³-hybridized carbons (Fsp3) is 0.438. The van der Waals surface area contributed by atoms with Crippen LogP contribution in [0.5, 0.6) is 0 Å². The van der Waals surface area contributed by atoms with Gasteiger partial charge in [0.2, 0.25) is 0 Å². The van der Waals surface area contributed by atoms with Crippen molar-refractivity contribution in [3.05, 3.63) is 35.4 Å². The van der Waals surface area contributed by atoms with Gasteiger partial charge < -0.3 is 15.9 Å². The fourth-order valence-electron chi connectivity index (χ4n) is 2.27. The number of benzene rings is 1. The van der Waals surface area contributed by atoms with Gasteiger partial charge >= 0.3 is 11.9 Å². The molecule has 1 aromatic carbocycles. The number of rotatable bonds is 10. The number of carboxylic acid groups (broad SMARTS) is 2. The Morgan fingerprint density at radius 2 is 1.74 bits per heavy atom. The SMILES string of the molecule is CC(NC(CCCCN)C(=O)O)C(=O)c1ccccc1C(=O)O. The predicted molar refractivity (Wildman–Crippen MR) is 84.7 cm³/mol. The molecule has 1 aromatic rings. The monoisotopic (exact) mass is 322 g/mol. The number of carboxylic acids is 2. The number of hydrogen-bond donors (Lipinski definition) is 4. The van der Waals surface area contributed by atoms with Gasteiger partial charge in [0, 0.05) is 5.56 Å². The smallest absolute Gasteiger partial charge is 0.336 e. The molecule has 1 rings (SSSR count). The Bertz CT molecular complexity index is 573. The zero-order valence-electron chi connectivity index (χ0n) is 13.0. The molecular weight excluding hydrogens is 300 g/mol. The molecule has 0 amide bonds. The van der Waals surface area contributed by atoms with Crippen LogP contribution in [0.3, 0.4) is 0 Å². The molecule has 0 bridgehead atoms. The summed E-state index contributed by atoms with van der Waals surface area (Å²) in [7, 11) is 0. The minimum absolute atomic E-state index is 0.0612. The summed E-state index contributed by atoms with van der Waals surface area (Å²) in [6, 6.07) is 4.19. The van der Waals surface area contributed by atoms with Crippen molar-refractivity contribution in [3.63, 3.8) is 0 Å². The number of carbonyl (C=O) groups is 3. The van der Waals surface area contributed by atoms with Crippen molar-refractivity contribution in [2.75, 3.05) is 6.54 Å². The Morgan fingerprint density at radius 1 is 1.13 bits per heavy atom. The molecular formula is C16H22N2O5. The zero-order valence-corrected chi connectivity index (χ0v) is 13.0. The molecule has 23 heavy (non-hydrogen) atoms. The second kappa shape index (κ2) is 9.02. The van der Waals surface area contributed by atoms with Gasteiger partial charge in [-0.25, -0.2) is 4.79 Å². The minimum Gasteiger partial charge on any atom is -0.480 e. The van der Waals surface area contributed by atoms with E-state index in [1.54, 1.807) is 6.07 Å². The maximum absolute atomic E-state index is 12.4. The van der Waals surface area contributed by atoms with Crippen LogP contribution >= 0.6 is 0 Å². The molecule has 0 radical (unpaired) electrons. The number of aromatic carboxylic acids is 1. The molecule has 0 saturated carbocycles. The molecule has 0 saturated heterocycles. The first-order valence-electron chi connectivity index (χ1n) is 7.44. The largest absolute Gasteiger partial charge is 0.480 e. The van der Waals surface area contributed by atoms with E-state index in [4.69, 9.17) is 10.8 Å². The van der Waals surface area contributed by atoms with E-state index in [1.165, 1.54) is 25.1 Å². The van der Waals surface area contributed by atoms with Gasteiger partial charge in [-0.15, -0.1) is 0 Å². The average molecular weight is 322 g/mol. The Balaban J connectivity index is 2.83. The average Bonchev–Trinajstić information content (AvgIpc) is 2.52. The number of hydrogen-bond acceptors (Lipinski definition) is 5. The molecule has 7 nitrogen and oxygen atoms in total. The van der Waals surface area contributed by atoms with Crippen LogP contribution < -0.4 is 11.1 Å². The van der Waals surface area contributed by atoms with E-state index >= 15 is 0 Å². The van der Waals surface area contributed by atoms with Crippen LogP contribution in [-0.2, 0) is 4.79 Å². The van der Waals surface area contributed by atoms with Crippen molar-refractivity contribution < 1.29 is 24.6 Å². The number of nitrogens with one attached hydrogen (secondary N) is 1. The second-order valence-corrected chi connectivity index (χ2v) is 5.28. The minimum atomic E-state index is -1.20. The molecule has 0 aliphatic heterocycles. The first kappa shape index (κ1) is 18.8. The normalized spacial score (nSPS) is 13.3. The number of nitrogens with two attached hydrogens (primary N) is 1. The van der Waals surface area contributed by atoms with Gasteiger partial charge in [0.15, 0.2) is 5.78 Å². The van der Waals surface area contributed by atoms with Crippen molar-refractivity contribution >= 4 is 17.7 Å². The summed E-state index contributed by atoms with van der Waals surface area (Å²) in [5.74, 6) is -2.69. The van der Waals surface area contributed by atoms with Gasteiger partial charge in [0.25, 0.3) is 0 Å². The highest BCUT2D eigenvalue weighted by Crippen LogP contribution is 2.12. The van der Waals surface area contributed by atoms with Gasteiger partial charge in [-0.05, 0) is 32.4 Å². The lowest BCUT2D eigenvalue weighted by Crippen LogP contribution is -2.46. The van der Waals surface area contributed by atoms with Crippen molar-refractivity contribution in [1.29, 1.82) is 0 Å². The van der Waals surface area contributed by atoms with Crippen LogP contribution in [-0.4, -0.2) is 46.6 Å². The molecule has 7 heteroatoms. The van der Waals surface area contributed by atoms with Crippen molar-refractivity contribution in [2.24, 2.45) is 5.73 Å². The van der Waals surface area contributed by atoms with E-state index in [-0.39, 0.29) is 11.1 Å². The lowest BCUT2D eigenvalue weighted by Gasteiger charge is -2.20. The van der Waals surface area contributed by atoms with Crippen LogP contribution in [0, 0.1) is 0 Å². The van der Waals surface area contributed by atoms with Crippen LogP contribution in [0.4, 0.5) is 0 Å². The van der Waals surface area contributed by atoms with Gasteiger partial charge in [0.05, 0.1) is 11.6 Å². The topological polar surface area (TPSA) is 130 Å². The quantitative estimate of drug-likeness (QED) is 0.375. The van der Waals surface area contributed by atoms with E-state index in [9.17, 15) is 19.5 Å². The van der Waals surface area contributed by atoms with Crippen molar-refractivity contribution in [2.45, 2.75) is 38.3 Å². The predicted octanol–water partition coefficient (Wildman–Crippen LogP) is 1.13. The highest BCUT2D eigenvalue weighted by molar-refractivity contribution is 6.08. The lowest BCUT2D eigenvalue weighted by molar-refractivity contribution is -0.139. The Hall–Kier alpha value is -2.25. The molecule has 126 valence electrons. The van der Waals surface area contributed by atoms with Gasteiger partial charge in [0.1, 0.15) is 6.04 Å². The first-order valence-corrected chi connectivity index (χ1v) is 7.44. The molecule has 0 fully saturated rings. The molecule has 0 aliphatic rings. The summed E-state index contributed by atoms with van der Waals surface area (Å²) >= 11 is 0. The standard InChI is InChI=1S/C16H22N2O5/c1-10(18-13(16(22)23)8-4-5-9-17)14(19)11-6-2-3-7-12(11)15(20)21/h2-3,6-7,10,13,18H,4-5,8-9,17H2,1H3,(H,20,21)(H,22,23). The first-order chi connectivity index (χ1) is 10.9. The van der Waals surface area contributed by atoms with Crippen LogP contribution in [0.2, 0.25) is 0 Å². The summed E-state index contributed by atoms with van der Waals surface area (Å²) in [6.45, 7) is 2.01. The molecule has 0 aromatic heterocycles. The summed E-state index contributed by atoms with van der Waals surface area (Å²) in [6.07, 6.45) is 1.69. The molecule has 2 atom stereocenters.